The molecule has 0 bridgehead atoms. The lowest BCUT2D eigenvalue weighted by Gasteiger charge is -2.38. The fraction of sp³-hybridized carbons (Fsp3) is 1.00. The first kappa shape index (κ1) is 18.5. The van der Waals surface area contributed by atoms with Crippen molar-refractivity contribution in [3.63, 3.8) is 0 Å². The summed E-state index contributed by atoms with van der Waals surface area (Å²) in [6.45, 7) is 2.82. The lowest BCUT2D eigenvalue weighted by molar-refractivity contribution is 0.0506. The van der Waals surface area contributed by atoms with Gasteiger partial charge in [0.05, 0.1) is 13.2 Å². The normalized spacial score (nSPS) is 39.7. The predicted molar refractivity (Wildman–Crippen MR) is 93.9 cm³/mol. The molecule has 0 amide bonds. The van der Waals surface area contributed by atoms with Crippen molar-refractivity contribution in [1.82, 2.24) is 15.5 Å². The highest BCUT2D eigenvalue weighted by Gasteiger charge is 2.36. The minimum absolute atomic E-state index is 0. The second-order valence-corrected chi connectivity index (χ2v) is 7.48. The molecule has 4 nitrogen and oxygen atoms in total. The van der Waals surface area contributed by atoms with Crippen molar-refractivity contribution in [1.29, 1.82) is 0 Å². The van der Waals surface area contributed by atoms with Crippen molar-refractivity contribution in [2.24, 2.45) is 5.92 Å². The van der Waals surface area contributed by atoms with Crippen LogP contribution in [0.15, 0.2) is 0 Å². The zero-order valence-electron chi connectivity index (χ0n) is 14.2. The Morgan fingerprint density at radius 2 is 1.91 bits per heavy atom. The largest absolute Gasteiger partial charge is 0.379 e. The molecule has 1 aliphatic heterocycles. The molecule has 22 heavy (non-hydrogen) atoms. The van der Waals surface area contributed by atoms with Gasteiger partial charge in [-0.15, -0.1) is 12.4 Å². The van der Waals surface area contributed by atoms with Crippen LogP contribution < -0.4 is 10.6 Å². The van der Waals surface area contributed by atoms with Crippen molar-refractivity contribution in [2.45, 2.75) is 69.1 Å². The minimum atomic E-state index is 0. The van der Waals surface area contributed by atoms with E-state index in [1.54, 1.807) is 0 Å². The van der Waals surface area contributed by atoms with Crippen LogP contribution in [0.4, 0.5) is 0 Å². The Morgan fingerprint density at radius 3 is 2.64 bits per heavy atom. The lowest BCUT2D eigenvalue weighted by Crippen LogP contribution is -2.53. The highest BCUT2D eigenvalue weighted by Crippen LogP contribution is 2.31. The summed E-state index contributed by atoms with van der Waals surface area (Å²) in [6.07, 6.45) is 9.53. The van der Waals surface area contributed by atoms with E-state index in [1.807, 2.05) is 0 Å². The van der Waals surface area contributed by atoms with Gasteiger partial charge in [0.25, 0.3) is 0 Å². The van der Waals surface area contributed by atoms with E-state index in [4.69, 9.17) is 4.74 Å². The second-order valence-electron chi connectivity index (χ2n) is 7.48. The fourth-order valence-electron chi connectivity index (χ4n) is 4.63. The molecule has 0 aromatic rings. The first-order valence-electron chi connectivity index (χ1n) is 8.97. The summed E-state index contributed by atoms with van der Waals surface area (Å²) < 4.78 is 5.68. The molecule has 3 fully saturated rings. The maximum atomic E-state index is 5.68. The Labute approximate surface area is 142 Å². The van der Waals surface area contributed by atoms with Crippen LogP contribution >= 0.6 is 12.4 Å². The average molecular weight is 332 g/mol. The summed E-state index contributed by atoms with van der Waals surface area (Å²) in [7, 11) is 4.46. The smallest absolute Gasteiger partial charge is 0.0623 e. The molecule has 130 valence electrons. The number of rotatable bonds is 4. The molecule has 2 saturated carbocycles. The summed E-state index contributed by atoms with van der Waals surface area (Å²) in [5.41, 5.74) is 0. The van der Waals surface area contributed by atoms with E-state index in [0.29, 0.717) is 12.1 Å². The SMILES string of the molecule is CN(C)C1CCCC(NC2CCCC2C2COCCN2)C1.Cl. The molecule has 5 unspecified atom stereocenters. The fourth-order valence-corrected chi connectivity index (χ4v) is 4.63. The van der Waals surface area contributed by atoms with Crippen molar-refractivity contribution >= 4 is 12.4 Å². The van der Waals surface area contributed by atoms with Gasteiger partial charge >= 0.3 is 0 Å². The zero-order chi connectivity index (χ0) is 14.7. The number of nitrogens with one attached hydrogen (secondary N) is 2. The number of hydrogen-bond donors (Lipinski definition) is 2. The van der Waals surface area contributed by atoms with Gasteiger partial charge in [-0.25, -0.2) is 0 Å². The van der Waals surface area contributed by atoms with Crippen LogP contribution in [0, 0.1) is 5.92 Å². The molecule has 5 heteroatoms. The van der Waals surface area contributed by atoms with E-state index in [9.17, 15) is 0 Å². The quantitative estimate of drug-likeness (QED) is 0.826. The van der Waals surface area contributed by atoms with Crippen LogP contribution in [0.2, 0.25) is 0 Å². The molecule has 0 aromatic heterocycles. The minimum Gasteiger partial charge on any atom is -0.379 e. The first-order valence-corrected chi connectivity index (χ1v) is 8.97. The van der Waals surface area contributed by atoms with Crippen LogP contribution in [0.3, 0.4) is 0 Å². The van der Waals surface area contributed by atoms with Crippen molar-refractivity contribution < 1.29 is 4.74 Å². The van der Waals surface area contributed by atoms with E-state index in [-0.39, 0.29) is 12.4 Å². The number of ether oxygens (including phenoxy) is 1. The summed E-state index contributed by atoms with van der Waals surface area (Å²) in [6, 6.07) is 2.77. The second kappa shape index (κ2) is 8.84. The Morgan fingerprint density at radius 1 is 1.09 bits per heavy atom. The molecule has 0 spiro atoms. The summed E-state index contributed by atoms with van der Waals surface area (Å²) in [5.74, 6) is 0.769. The van der Waals surface area contributed by atoms with Crippen LogP contribution in [-0.2, 0) is 4.74 Å². The summed E-state index contributed by atoms with van der Waals surface area (Å²) >= 11 is 0. The van der Waals surface area contributed by atoms with E-state index in [0.717, 1.165) is 37.8 Å². The van der Waals surface area contributed by atoms with E-state index < -0.39 is 0 Å². The summed E-state index contributed by atoms with van der Waals surface area (Å²) in [4.78, 5) is 2.41. The van der Waals surface area contributed by atoms with Gasteiger partial charge in [-0.1, -0.05) is 12.8 Å². The van der Waals surface area contributed by atoms with Crippen molar-refractivity contribution in [3.8, 4) is 0 Å². The Kier molecular flexibility index (Phi) is 7.42. The lowest BCUT2D eigenvalue weighted by atomic mass is 9.88. The zero-order valence-corrected chi connectivity index (χ0v) is 15.0. The topological polar surface area (TPSA) is 36.5 Å². The molecule has 3 rings (SSSR count). The number of morpholine rings is 1. The van der Waals surface area contributed by atoms with Crippen LogP contribution in [-0.4, -0.2) is 62.9 Å². The van der Waals surface area contributed by atoms with Crippen molar-refractivity contribution in [2.75, 3.05) is 33.9 Å². The monoisotopic (exact) mass is 331 g/mol. The molecular weight excluding hydrogens is 298 g/mol. The molecule has 3 aliphatic rings. The molecule has 1 saturated heterocycles. The van der Waals surface area contributed by atoms with Crippen molar-refractivity contribution in [3.05, 3.63) is 0 Å². The van der Waals surface area contributed by atoms with E-state index >= 15 is 0 Å². The van der Waals surface area contributed by atoms with Gasteiger partial charge in [-0.2, -0.15) is 0 Å². The number of nitrogens with zero attached hydrogens (tertiary/aromatic N) is 1. The van der Waals surface area contributed by atoms with Crippen LogP contribution in [0.25, 0.3) is 0 Å². The molecule has 5 atom stereocenters. The Bertz CT molecular complexity index is 323. The molecule has 1 heterocycles. The van der Waals surface area contributed by atoms with Gasteiger partial charge in [-0.3, -0.25) is 0 Å². The van der Waals surface area contributed by atoms with Gasteiger partial charge in [-0.05, 0) is 52.1 Å². The predicted octanol–water partition coefficient (Wildman–Crippen LogP) is 2.03. The maximum absolute atomic E-state index is 5.68. The number of hydrogen-bond acceptors (Lipinski definition) is 4. The molecule has 2 aliphatic carbocycles. The van der Waals surface area contributed by atoms with E-state index in [2.05, 4.69) is 29.6 Å². The Balaban J connectivity index is 0.00000176. The first-order chi connectivity index (χ1) is 10.2. The third-order valence-corrected chi connectivity index (χ3v) is 5.86. The highest BCUT2D eigenvalue weighted by atomic mass is 35.5. The van der Waals surface area contributed by atoms with E-state index in [1.165, 1.54) is 44.9 Å². The molecular formula is C17H34ClN3O. The highest BCUT2D eigenvalue weighted by molar-refractivity contribution is 5.85. The molecule has 0 radical (unpaired) electrons. The van der Waals surface area contributed by atoms with Gasteiger partial charge in [0.2, 0.25) is 0 Å². The molecule has 2 N–H and O–H groups in total. The van der Waals surface area contributed by atoms with Crippen LogP contribution in [0.1, 0.15) is 44.9 Å². The Hall–Kier alpha value is 0.130. The van der Waals surface area contributed by atoms with Gasteiger partial charge < -0.3 is 20.3 Å². The standard InChI is InChI=1S/C17H33N3O.ClH/c1-20(2)14-6-3-5-13(11-14)19-16-8-4-7-15(16)17-12-21-10-9-18-17;/h13-19H,3-12H2,1-2H3;1H. The summed E-state index contributed by atoms with van der Waals surface area (Å²) in [5, 5.41) is 7.71. The number of halogens is 1. The average Bonchev–Trinajstić information content (AvgIpc) is 2.96. The van der Waals surface area contributed by atoms with Gasteiger partial charge in [0.15, 0.2) is 0 Å². The molecule has 0 aromatic carbocycles. The third-order valence-electron chi connectivity index (χ3n) is 5.86. The van der Waals surface area contributed by atoms with Gasteiger partial charge in [0, 0.05) is 30.7 Å². The third kappa shape index (κ3) is 4.57. The van der Waals surface area contributed by atoms with Crippen LogP contribution in [0.5, 0.6) is 0 Å². The van der Waals surface area contributed by atoms with Gasteiger partial charge in [0.1, 0.15) is 0 Å². The maximum Gasteiger partial charge on any atom is 0.0623 e.